The molecule has 1 aliphatic rings. The lowest BCUT2D eigenvalue weighted by molar-refractivity contribution is -0.118. The van der Waals surface area contributed by atoms with Crippen molar-refractivity contribution in [1.29, 1.82) is 0 Å². The zero-order chi connectivity index (χ0) is 15.1. The number of rotatable bonds is 2. The Bertz CT molecular complexity index is 753. The van der Waals surface area contributed by atoms with Crippen molar-refractivity contribution >= 4 is 40.5 Å². The number of aromatic amines is 1. The van der Waals surface area contributed by atoms with Gasteiger partial charge in [-0.3, -0.25) is 9.89 Å². The Labute approximate surface area is 131 Å². The van der Waals surface area contributed by atoms with Gasteiger partial charge in [-0.15, -0.1) is 0 Å². The highest BCUT2D eigenvalue weighted by Crippen LogP contribution is 2.33. The number of hydrogen-bond donors (Lipinski definition) is 1. The van der Waals surface area contributed by atoms with Gasteiger partial charge in [-0.1, -0.05) is 23.2 Å². The highest BCUT2D eigenvalue weighted by molar-refractivity contribution is 6.42. The van der Waals surface area contributed by atoms with Gasteiger partial charge in [0, 0.05) is 5.69 Å². The summed E-state index contributed by atoms with van der Waals surface area (Å²) >= 11 is 11.9. The van der Waals surface area contributed by atoms with Crippen LogP contribution in [0.4, 0.5) is 5.69 Å². The second kappa shape index (κ2) is 5.16. The highest BCUT2D eigenvalue weighted by Gasteiger charge is 2.37. The molecule has 1 atom stereocenters. The molecule has 0 aliphatic carbocycles. The van der Waals surface area contributed by atoms with E-state index in [4.69, 9.17) is 23.2 Å². The van der Waals surface area contributed by atoms with Gasteiger partial charge in [0.15, 0.2) is 0 Å². The number of H-pyrrole nitrogens is 1. The van der Waals surface area contributed by atoms with E-state index in [0.29, 0.717) is 27.1 Å². The zero-order valence-corrected chi connectivity index (χ0v) is 12.9. The third kappa shape index (κ3) is 2.43. The molecule has 1 amide bonds. The zero-order valence-electron chi connectivity index (χ0n) is 11.4. The van der Waals surface area contributed by atoms with Crippen LogP contribution in [0.1, 0.15) is 24.2 Å². The Morgan fingerprint density at radius 1 is 1.19 bits per heavy atom. The molecule has 1 aliphatic heterocycles. The van der Waals surface area contributed by atoms with Crippen LogP contribution in [0.25, 0.3) is 0 Å². The number of carbonyl (C=O) groups excluding carboxylic acids is 1. The van der Waals surface area contributed by atoms with Crippen LogP contribution in [0.5, 0.6) is 0 Å². The van der Waals surface area contributed by atoms with Crippen LogP contribution in [-0.4, -0.2) is 21.8 Å². The Kier molecular flexibility index (Phi) is 3.47. The second-order valence-electron chi connectivity index (χ2n) is 4.90. The van der Waals surface area contributed by atoms with Crippen molar-refractivity contribution in [3.63, 3.8) is 0 Å². The van der Waals surface area contributed by atoms with Gasteiger partial charge in [-0.2, -0.15) is 15.2 Å². The number of aromatic nitrogens is 2. The molecule has 0 saturated carbocycles. The van der Waals surface area contributed by atoms with Crippen LogP contribution in [0.15, 0.2) is 29.4 Å². The molecule has 1 aromatic carbocycles. The molecule has 1 aromatic heterocycles. The van der Waals surface area contributed by atoms with Gasteiger partial charge in [0.1, 0.15) is 5.92 Å². The van der Waals surface area contributed by atoms with Crippen LogP contribution in [0.2, 0.25) is 10.0 Å². The SMILES string of the molecule is CC1=NN(c2ccc(Cl)c(Cl)c2)C(=O)C1c1cc(C)[nH]n1. The first kappa shape index (κ1) is 14.1. The summed E-state index contributed by atoms with van der Waals surface area (Å²) in [6.45, 7) is 3.70. The lowest BCUT2D eigenvalue weighted by Crippen LogP contribution is -2.25. The summed E-state index contributed by atoms with van der Waals surface area (Å²) in [6.07, 6.45) is 0. The van der Waals surface area contributed by atoms with Crippen LogP contribution < -0.4 is 5.01 Å². The largest absolute Gasteiger partial charge is 0.283 e. The van der Waals surface area contributed by atoms with Crippen LogP contribution >= 0.6 is 23.2 Å². The standard InChI is InChI=1S/C14H12Cl2N4O/c1-7-5-12(18-17-7)13-8(2)19-20(14(13)21)9-3-4-10(15)11(16)6-9/h3-6,13H,1-2H3,(H,17,18). The number of hydrazone groups is 1. The molecule has 21 heavy (non-hydrogen) atoms. The molecule has 0 spiro atoms. The number of benzene rings is 1. The first-order chi connectivity index (χ1) is 9.97. The van der Waals surface area contributed by atoms with Crippen molar-refractivity contribution in [2.75, 3.05) is 5.01 Å². The Morgan fingerprint density at radius 2 is 1.95 bits per heavy atom. The van der Waals surface area contributed by atoms with Gasteiger partial charge in [0.25, 0.3) is 5.91 Å². The number of carbonyl (C=O) groups is 1. The van der Waals surface area contributed by atoms with E-state index in [9.17, 15) is 4.79 Å². The maximum atomic E-state index is 12.6. The van der Waals surface area contributed by atoms with E-state index in [-0.39, 0.29) is 5.91 Å². The first-order valence-corrected chi connectivity index (χ1v) is 7.09. The lowest BCUT2D eigenvalue weighted by Gasteiger charge is -2.14. The van der Waals surface area contributed by atoms with E-state index in [2.05, 4.69) is 15.3 Å². The Hall–Kier alpha value is -1.85. The summed E-state index contributed by atoms with van der Waals surface area (Å²) < 4.78 is 0. The third-order valence-corrected chi connectivity index (χ3v) is 4.04. The monoisotopic (exact) mass is 322 g/mol. The number of anilines is 1. The number of halogens is 2. The molecule has 0 radical (unpaired) electrons. The number of nitrogens with one attached hydrogen (secondary N) is 1. The van der Waals surface area contributed by atoms with Crippen molar-refractivity contribution < 1.29 is 4.79 Å². The van der Waals surface area contributed by atoms with Gasteiger partial charge < -0.3 is 0 Å². The van der Waals surface area contributed by atoms with Gasteiger partial charge in [-0.05, 0) is 38.1 Å². The molecule has 3 rings (SSSR count). The van der Waals surface area contributed by atoms with E-state index < -0.39 is 5.92 Å². The normalized spacial score (nSPS) is 18.3. The van der Waals surface area contributed by atoms with E-state index in [1.165, 1.54) is 5.01 Å². The third-order valence-electron chi connectivity index (χ3n) is 3.30. The molecule has 2 heterocycles. The molecule has 0 saturated heterocycles. The molecular formula is C14H12Cl2N4O. The Morgan fingerprint density at radius 3 is 2.57 bits per heavy atom. The van der Waals surface area contributed by atoms with E-state index >= 15 is 0 Å². The van der Waals surface area contributed by atoms with Crippen molar-refractivity contribution in [1.82, 2.24) is 10.2 Å². The summed E-state index contributed by atoms with van der Waals surface area (Å²) in [5, 5.41) is 13.5. The van der Waals surface area contributed by atoms with E-state index in [1.54, 1.807) is 18.2 Å². The summed E-state index contributed by atoms with van der Waals surface area (Å²) in [6, 6.07) is 6.82. The lowest BCUT2D eigenvalue weighted by atomic mass is 10.0. The topological polar surface area (TPSA) is 61.4 Å². The van der Waals surface area contributed by atoms with Crippen molar-refractivity contribution in [3.05, 3.63) is 45.7 Å². The number of hydrogen-bond acceptors (Lipinski definition) is 3. The minimum atomic E-state index is -0.468. The smallest absolute Gasteiger partial charge is 0.262 e. The second-order valence-corrected chi connectivity index (χ2v) is 5.71. The first-order valence-electron chi connectivity index (χ1n) is 6.33. The van der Waals surface area contributed by atoms with Crippen molar-refractivity contribution in [2.45, 2.75) is 19.8 Å². The quantitative estimate of drug-likeness (QED) is 0.919. The van der Waals surface area contributed by atoms with Gasteiger partial charge >= 0.3 is 0 Å². The van der Waals surface area contributed by atoms with Crippen molar-refractivity contribution in [2.24, 2.45) is 5.10 Å². The van der Waals surface area contributed by atoms with Crippen molar-refractivity contribution in [3.8, 4) is 0 Å². The summed E-state index contributed by atoms with van der Waals surface area (Å²) in [7, 11) is 0. The Balaban J connectivity index is 1.96. The number of amides is 1. The fourth-order valence-corrected chi connectivity index (χ4v) is 2.59. The molecule has 108 valence electrons. The fraction of sp³-hybridized carbons (Fsp3) is 0.214. The molecule has 0 bridgehead atoms. The number of aryl methyl sites for hydroxylation is 1. The summed E-state index contributed by atoms with van der Waals surface area (Å²) in [4.78, 5) is 12.6. The van der Waals surface area contributed by atoms with Gasteiger partial charge in [0.05, 0.1) is 27.1 Å². The fourth-order valence-electron chi connectivity index (χ4n) is 2.30. The average Bonchev–Trinajstić information content (AvgIpc) is 2.97. The van der Waals surface area contributed by atoms with Crippen LogP contribution in [-0.2, 0) is 4.79 Å². The molecule has 7 heteroatoms. The average molecular weight is 323 g/mol. The predicted molar refractivity (Wildman–Crippen MR) is 83.1 cm³/mol. The number of nitrogens with zero attached hydrogens (tertiary/aromatic N) is 3. The molecule has 2 aromatic rings. The van der Waals surface area contributed by atoms with Gasteiger partial charge in [-0.25, -0.2) is 0 Å². The molecule has 1 N–H and O–H groups in total. The molecular weight excluding hydrogens is 311 g/mol. The maximum absolute atomic E-state index is 12.6. The van der Waals surface area contributed by atoms with E-state index in [1.807, 2.05) is 19.9 Å². The minimum absolute atomic E-state index is 0.155. The molecule has 0 fully saturated rings. The highest BCUT2D eigenvalue weighted by atomic mass is 35.5. The molecule has 1 unspecified atom stereocenters. The maximum Gasteiger partial charge on any atom is 0.262 e. The minimum Gasteiger partial charge on any atom is -0.283 e. The molecule has 5 nitrogen and oxygen atoms in total. The van der Waals surface area contributed by atoms with Crippen LogP contribution in [0, 0.1) is 6.92 Å². The van der Waals surface area contributed by atoms with Gasteiger partial charge in [0.2, 0.25) is 0 Å². The summed E-state index contributed by atoms with van der Waals surface area (Å²) in [5.41, 5.74) is 2.85. The van der Waals surface area contributed by atoms with E-state index in [0.717, 1.165) is 5.69 Å². The summed E-state index contributed by atoms with van der Waals surface area (Å²) in [5.74, 6) is -0.623. The van der Waals surface area contributed by atoms with Crippen LogP contribution in [0.3, 0.4) is 0 Å². The predicted octanol–water partition coefficient (Wildman–Crippen LogP) is 3.53.